The number of likely N-dealkylation sites (N-methyl/N-ethyl adjacent to an activating group) is 1. The smallest absolute Gasteiger partial charge is 0.322 e. The number of hydrogen-bond donors (Lipinski definition) is 2. The van der Waals surface area contributed by atoms with Crippen molar-refractivity contribution >= 4 is 35.1 Å². The quantitative estimate of drug-likeness (QED) is 0.766. The number of benzene rings is 2. The van der Waals surface area contributed by atoms with Gasteiger partial charge in [0.1, 0.15) is 6.04 Å². The Morgan fingerprint density at radius 3 is 2.52 bits per heavy atom. The van der Waals surface area contributed by atoms with Crippen molar-refractivity contribution in [2.75, 3.05) is 18.9 Å². The van der Waals surface area contributed by atoms with Gasteiger partial charge < -0.3 is 15.5 Å². The monoisotopic (exact) mass is 438 g/mol. The summed E-state index contributed by atoms with van der Waals surface area (Å²) >= 11 is 6.35. The van der Waals surface area contributed by atoms with E-state index in [1.165, 1.54) is 9.80 Å². The molecule has 0 saturated carbocycles. The third kappa shape index (κ3) is 3.77. The first-order valence-electron chi connectivity index (χ1n) is 9.98. The Balaban J connectivity index is 1.60. The predicted molar refractivity (Wildman–Crippen MR) is 118 cm³/mol. The van der Waals surface area contributed by atoms with E-state index >= 15 is 0 Å². The molecule has 0 aliphatic carbocycles. The molecule has 160 valence electrons. The summed E-state index contributed by atoms with van der Waals surface area (Å²) in [6, 6.07) is 12.8. The van der Waals surface area contributed by atoms with Crippen molar-refractivity contribution in [1.82, 2.24) is 15.1 Å². The number of nitrogens with one attached hydrogen (secondary N) is 2. The molecule has 0 spiro atoms. The Morgan fingerprint density at radius 1 is 1.16 bits per heavy atom. The average molecular weight is 439 g/mol. The fourth-order valence-electron chi connectivity index (χ4n) is 3.87. The van der Waals surface area contributed by atoms with Crippen molar-refractivity contribution in [2.24, 2.45) is 0 Å². The van der Waals surface area contributed by atoms with Crippen molar-refractivity contribution in [3.8, 4) is 0 Å². The molecule has 2 heterocycles. The van der Waals surface area contributed by atoms with E-state index in [1.807, 2.05) is 31.2 Å². The van der Waals surface area contributed by atoms with Gasteiger partial charge >= 0.3 is 6.03 Å². The first kappa shape index (κ1) is 20.9. The van der Waals surface area contributed by atoms with Gasteiger partial charge in [-0.25, -0.2) is 4.79 Å². The molecule has 0 unspecified atom stereocenters. The van der Waals surface area contributed by atoms with E-state index in [4.69, 9.17) is 11.6 Å². The van der Waals surface area contributed by atoms with Crippen LogP contribution in [0.15, 0.2) is 59.8 Å². The summed E-state index contributed by atoms with van der Waals surface area (Å²) in [6.07, 6.45) is 0. The lowest BCUT2D eigenvalue weighted by atomic mass is 9.95. The third-order valence-corrected chi connectivity index (χ3v) is 6.11. The first-order valence-corrected chi connectivity index (χ1v) is 10.4. The summed E-state index contributed by atoms with van der Waals surface area (Å²) in [6.45, 7) is 3.82. The molecule has 0 bridgehead atoms. The van der Waals surface area contributed by atoms with E-state index in [1.54, 1.807) is 38.2 Å². The molecule has 2 aliphatic rings. The number of rotatable bonds is 4. The van der Waals surface area contributed by atoms with E-state index < -0.39 is 12.1 Å². The van der Waals surface area contributed by atoms with Crippen LogP contribution >= 0.6 is 11.6 Å². The van der Waals surface area contributed by atoms with Crippen LogP contribution in [0.4, 0.5) is 10.5 Å². The van der Waals surface area contributed by atoms with Crippen LogP contribution in [0.3, 0.4) is 0 Å². The standard InChI is InChI=1S/C23H23ClN4O3/c1-13-8-10-15(11-9-13)25-21(29)14(2)28-12-18-19(22(28)30)20(26-23(31)27(18)3)16-6-4-5-7-17(16)24/h4-11,14,20H,12H2,1-3H3,(H,25,29)(H,26,31)/t14-,20+/m0/s1. The minimum atomic E-state index is -0.727. The van der Waals surface area contributed by atoms with Gasteiger partial charge in [0, 0.05) is 17.8 Å². The van der Waals surface area contributed by atoms with Crippen LogP contribution in [0.1, 0.15) is 24.1 Å². The molecule has 2 aromatic rings. The molecule has 7 nitrogen and oxygen atoms in total. The maximum atomic E-state index is 13.4. The zero-order valence-corrected chi connectivity index (χ0v) is 18.2. The van der Waals surface area contributed by atoms with Gasteiger partial charge in [0.15, 0.2) is 0 Å². The van der Waals surface area contributed by atoms with Gasteiger partial charge in [-0.1, -0.05) is 47.5 Å². The second-order valence-electron chi connectivity index (χ2n) is 7.79. The van der Waals surface area contributed by atoms with Crippen molar-refractivity contribution in [2.45, 2.75) is 25.9 Å². The summed E-state index contributed by atoms with van der Waals surface area (Å²) in [5, 5.41) is 6.17. The molecule has 0 aromatic heterocycles. The number of carbonyl (C=O) groups excluding carboxylic acids is 3. The van der Waals surface area contributed by atoms with E-state index in [9.17, 15) is 14.4 Å². The highest BCUT2D eigenvalue weighted by molar-refractivity contribution is 6.31. The number of hydrogen-bond acceptors (Lipinski definition) is 3. The zero-order valence-electron chi connectivity index (χ0n) is 17.5. The number of nitrogens with zero attached hydrogens (tertiary/aromatic N) is 2. The largest absolute Gasteiger partial charge is 0.326 e. The van der Waals surface area contributed by atoms with Gasteiger partial charge in [-0.15, -0.1) is 0 Å². The second-order valence-corrected chi connectivity index (χ2v) is 8.19. The molecule has 4 amide bonds. The van der Waals surface area contributed by atoms with Crippen LogP contribution in [0.25, 0.3) is 0 Å². The van der Waals surface area contributed by atoms with Crippen LogP contribution in [0, 0.1) is 6.92 Å². The molecule has 2 aromatic carbocycles. The molecule has 0 radical (unpaired) electrons. The maximum absolute atomic E-state index is 13.4. The van der Waals surface area contributed by atoms with E-state index in [0.29, 0.717) is 27.5 Å². The summed E-state index contributed by atoms with van der Waals surface area (Å²) in [4.78, 5) is 41.7. The van der Waals surface area contributed by atoms with Crippen molar-refractivity contribution in [3.63, 3.8) is 0 Å². The van der Waals surface area contributed by atoms with Gasteiger partial charge in [-0.2, -0.15) is 0 Å². The maximum Gasteiger partial charge on any atom is 0.322 e. The summed E-state index contributed by atoms with van der Waals surface area (Å²) in [5.74, 6) is -0.591. The summed E-state index contributed by atoms with van der Waals surface area (Å²) in [7, 11) is 1.61. The highest BCUT2D eigenvalue weighted by Gasteiger charge is 2.45. The van der Waals surface area contributed by atoms with Crippen LogP contribution in [-0.2, 0) is 9.59 Å². The SMILES string of the molecule is Cc1ccc(NC(=O)[C@H](C)N2CC3=C(C2=O)[C@@H](c2ccccc2Cl)NC(=O)N3C)cc1. The Morgan fingerprint density at radius 2 is 1.84 bits per heavy atom. The molecule has 2 aliphatic heterocycles. The van der Waals surface area contributed by atoms with Crippen LogP contribution in [0.5, 0.6) is 0 Å². The van der Waals surface area contributed by atoms with Crippen molar-refractivity contribution < 1.29 is 14.4 Å². The topological polar surface area (TPSA) is 81.8 Å². The Labute approximate surface area is 185 Å². The Bertz CT molecular complexity index is 1100. The summed E-state index contributed by atoms with van der Waals surface area (Å²) < 4.78 is 0. The average Bonchev–Trinajstić information content (AvgIpc) is 3.10. The Hall–Kier alpha value is -3.32. The van der Waals surface area contributed by atoms with Crippen molar-refractivity contribution in [1.29, 1.82) is 0 Å². The number of aryl methyl sites for hydroxylation is 1. The number of carbonyl (C=O) groups is 3. The lowest BCUT2D eigenvalue weighted by molar-refractivity contribution is -0.133. The van der Waals surface area contributed by atoms with Crippen LogP contribution < -0.4 is 10.6 Å². The van der Waals surface area contributed by atoms with Crippen LogP contribution in [-0.4, -0.2) is 47.3 Å². The minimum absolute atomic E-state index is 0.168. The fourth-order valence-corrected chi connectivity index (χ4v) is 4.11. The van der Waals surface area contributed by atoms with E-state index in [2.05, 4.69) is 10.6 Å². The lowest BCUT2D eigenvalue weighted by Gasteiger charge is -2.31. The van der Waals surface area contributed by atoms with Gasteiger partial charge in [0.05, 0.1) is 23.9 Å². The molecule has 0 fully saturated rings. The van der Waals surface area contributed by atoms with Gasteiger partial charge in [-0.05, 0) is 37.6 Å². The molecule has 4 rings (SSSR count). The number of anilines is 1. The first-order chi connectivity index (χ1) is 14.8. The normalized spacial score (nSPS) is 19.3. The van der Waals surface area contributed by atoms with Gasteiger partial charge in [-0.3, -0.25) is 14.5 Å². The third-order valence-electron chi connectivity index (χ3n) is 5.77. The highest BCUT2D eigenvalue weighted by atomic mass is 35.5. The predicted octanol–water partition coefficient (Wildman–Crippen LogP) is 3.47. The van der Waals surface area contributed by atoms with Crippen molar-refractivity contribution in [3.05, 3.63) is 76.0 Å². The molecule has 2 N–H and O–H groups in total. The van der Waals surface area contributed by atoms with Gasteiger partial charge in [0.25, 0.3) is 5.91 Å². The molecular weight excluding hydrogens is 416 g/mol. The number of halogens is 1. The molecule has 8 heteroatoms. The lowest BCUT2D eigenvalue weighted by Crippen LogP contribution is -2.45. The minimum Gasteiger partial charge on any atom is -0.326 e. The zero-order chi connectivity index (χ0) is 22.3. The Kier molecular flexibility index (Phi) is 5.45. The van der Waals surface area contributed by atoms with E-state index in [0.717, 1.165) is 5.56 Å². The number of amides is 4. The van der Waals surface area contributed by atoms with Crippen LogP contribution in [0.2, 0.25) is 5.02 Å². The summed E-state index contributed by atoms with van der Waals surface area (Å²) in [5.41, 5.74) is 3.40. The molecular formula is C23H23ClN4O3. The van der Waals surface area contributed by atoms with Gasteiger partial charge in [0.2, 0.25) is 5.91 Å². The fraction of sp³-hybridized carbons (Fsp3) is 0.261. The highest BCUT2D eigenvalue weighted by Crippen LogP contribution is 2.38. The molecule has 31 heavy (non-hydrogen) atoms. The molecule has 2 atom stereocenters. The number of urea groups is 1. The molecule has 0 saturated heterocycles. The second kappa shape index (κ2) is 8.07. The van der Waals surface area contributed by atoms with E-state index in [-0.39, 0.29) is 24.4 Å².